The van der Waals surface area contributed by atoms with Gasteiger partial charge in [0.1, 0.15) is 11.9 Å². The molecular weight excluding hydrogens is 220 g/mol. The number of hydrogen-bond donors (Lipinski definition) is 0. The van der Waals surface area contributed by atoms with E-state index in [0.29, 0.717) is 30.3 Å². The van der Waals surface area contributed by atoms with E-state index in [0.717, 1.165) is 0 Å². The number of carbonyl (C=O) groups is 1. The van der Waals surface area contributed by atoms with Crippen molar-refractivity contribution in [2.75, 3.05) is 13.2 Å². The molecule has 0 aliphatic carbocycles. The summed E-state index contributed by atoms with van der Waals surface area (Å²) in [6.45, 7) is 8.23. The lowest BCUT2D eigenvalue weighted by Gasteiger charge is -2.13. The number of aryl methyl sites for hydroxylation is 2. The molecule has 1 unspecified atom stereocenters. The third-order valence-electron chi connectivity index (χ3n) is 2.18. The molecule has 1 atom stereocenters. The van der Waals surface area contributed by atoms with E-state index < -0.39 is 5.97 Å². The summed E-state index contributed by atoms with van der Waals surface area (Å²) >= 11 is 0. The number of ether oxygens (including phenoxy) is 2. The fourth-order valence-corrected chi connectivity index (χ4v) is 1.35. The third-order valence-corrected chi connectivity index (χ3v) is 2.18. The first kappa shape index (κ1) is 13.6. The molecule has 0 radical (unpaired) electrons. The van der Waals surface area contributed by atoms with Gasteiger partial charge in [0.05, 0.1) is 17.9 Å². The first-order chi connectivity index (χ1) is 8.04. The fraction of sp³-hybridized carbons (Fsp3) is 0.583. The molecular formula is C12H18N2O3. The summed E-state index contributed by atoms with van der Waals surface area (Å²) in [5.74, 6) is 0.233. The van der Waals surface area contributed by atoms with Crippen LogP contribution in [-0.2, 0) is 9.47 Å². The Labute approximate surface area is 101 Å². The minimum absolute atomic E-state index is 0.275. The van der Waals surface area contributed by atoms with Crippen LogP contribution in [-0.4, -0.2) is 35.3 Å². The summed E-state index contributed by atoms with van der Waals surface area (Å²) in [4.78, 5) is 19.9. The quantitative estimate of drug-likeness (QED) is 0.730. The lowest BCUT2D eigenvalue weighted by molar-refractivity contribution is 0.00424. The molecule has 0 saturated carbocycles. The van der Waals surface area contributed by atoms with Crippen LogP contribution in [0.25, 0.3) is 0 Å². The zero-order chi connectivity index (χ0) is 12.8. The second-order valence-electron chi connectivity index (χ2n) is 3.79. The van der Waals surface area contributed by atoms with Crippen LogP contribution in [0, 0.1) is 13.8 Å². The molecule has 5 nitrogen and oxygen atoms in total. The minimum atomic E-state index is -0.408. The van der Waals surface area contributed by atoms with E-state index in [2.05, 4.69) is 9.97 Å². The summed E-state index contributed by atoms with van der Waals surface area (Å²) in [6.07, 6.45) is 1.22. The number of esters is 1. The minimum Gasteiger partial charge on any atom is -0.457 e. The van der Waals surface area contributed by atoms with E-state index in [1.807, 2.05) is 6.92 Å². The van der Waals surface area contributed by atoms with E-state index in [1.165, 1.54) is 6.20 Å². The molecule has 1 aromatic rings. The molecule has 94 valence electrons. The third kappa shape index (κ3) is 4.11. The van der Waals surface area contributed by atoms with Crippen molar-refractivity contribution in [2.45, 2.75) is 33.8 Å². The Balaban J connectivity index is 2.63. The zero-order valence-electron chi connectivity index (χ0n) is 10.7. The highest BCUT2D eigenvalue weighted by molar-refractivity contribution is 5.90. The topological polar surface area (TPSA) is 61.3 Å². The molecule has 0 amide bonds. The van der Waals surface area contributed by atoms with Crippen LogP contribution < -0.4 is 0 Å². The van der Waals surface area contributed by atoms with Crippen molar-refractivity contribution >= 4 is 5.97 Å². The second kappa shape index (κ2) is 6.30. The lowest BCUT2D eigenvalue weighted by Crippen LogP contribution is -2.21. The maximum absolute atomic E-state index is 11.8. The summed E-state index contributed by atoms with van der Waals surface area (Å²) < 4.78 is 10.4. The summed E-state index contributed by atoms with van der Waals surface area (Å²) in [7, 11) is 0. The van der Waals surface area contributed by atoms with Gasteiger partial charge in [-0.15, -0.1) is 0 Å². The Bertz CT molecular complexity index is 393. The average Bonchev–Trinajstić information content (AvgIpc) is 2.26. The number of hydrogen-bond acceptors (Lipinski definition) is 5. The number of aromatic nitrogens is 2. The normalized spacial score (nSPS) is 12.2. The molecule has 0 bridgehead atoms. The lowest BCUT2D eigenvalue weighted by atomic mass is 10.2. The van der Waals surface area contributed by atoms with Crippen LogP contribution in [0.3, 0.4) is 0 Å². The van der Waals surface area contributed by atoms with E-state index in [-0.39, 0.29) is 6.10 Å². The molecule has 0 saturated heterocycles. The van der Waals surface area contributed by atoms with Crippen LogP contribution in [0.4, 0.5) is 0 Å². The van der Waals surface area contributed by atoms with Gasteiger partial charge in [-0.2, -0.15) is 0 Å². The van der Waals surface area contributed by atoms with Crippen LogP contribution in [0.1, 0.15) is 35.7 Å². The predicted molar refractivity (Wildman–Crippen MR) is 62.9 cm³/mol. The van der Waals surface area contributed by atoms with Crippen LogP contribution in [0.5, 0.6) is 0 Å². The maximum atomic E-state index is 11.8. The first-order valence-electron chi connectivity index (χ1n) is 5.63. The van der Waals surface area contributed by atoms with Gasteiger partial charge in [-0.3, -0.25) is 0 Å². The van der Waals surface area contributed by atoms with E-state index in [1.54, 1.807) is 20.8 Å². The monoisotopic (exact) mass is 238 g/mol. The number of rotatable bonds is 5. The van der Waals surface area contributed by atoms with Gasteiger partial charge in [0, 0.05) is 12.8 Å². The molecule has 1 aromatic heterocycles. The van der Waals surface area contributed by atoms with Crippen molar-refractivity contribution in [3.05, 3.63) is 23.3 Å². The molecule has 0 aromatic carbocycles. The van der Waals surface area contributed by atoms with Crippen molar-refractivity contribution in [2.24, 2.45) is 0 Å². The Kier molecular flexibility index (Phi) is 5.03. The van der Waals surface area contributed by atoms with Crippen molar-refractivity contribution in [1.82, 2.24) is 9.97 Å². The molecule has 0 aliphatic rings. The molecule has 1 heterocycles. The summed E-state index contributed by atoms with van der Waals surface area (Å²) in [6, 6.07) is 0. The summed E-state index contributed by atoms with van der Waals surface area (Å²) in [5.41, 5.74) is 1.03. The molecule has 0 N–H and O–H groups in total. The van der Waals surface area contributed by atoms with E-state index >= 15 is 0 Å². The highest BCUT2D eigenvalue weighted by Crippen LogP contribution is 2.07. The van der Waals surface area contributed by atoms with Gasteiger partial charge in [-0.1, -0.05) is 0 Å². The number of nitrogens with zero attached hydrogens (tertiary/aromatic N) is 2. The van der Waals surface area contributed by atoms with Gasteiger partial charge in [0.15, 0.2) is 0 Å². The Morgan fingerprint density at radius 1 is 1.47 bits per heavy atom. The standard InChI is InChI=1S/C12H18N2O3/c1-5-16-7-8(2)17-12(15)11-6-13-10(4)14-9(11)3/h6,8H,5,7H2,1-4H3. The molecule has 0 fully saturated rings. The van der Waals surface area contributed by atoms with Gasteiger partial charge in [0.25, 0.3) is 0 Å². The SMILES string of the molecule is CCOCC(C)OC(=O)c1cnc(C)nc1C. The summed E-state index contributed by atoms with van der Waals surface area (Å²) in [5, 5.41) is 0. The van der Waals surface area contributed by atoms with Crippen LogP contribution >= 0.6 is 0 Å². The molecule has 0 aliphatic heterocycles. The predicted octanol–water partition coefficient (Wildman–Crippen LogP) is 1.68. The Morgan fingerprint density at radius 3 is 2.76 bits per heavy atom. The number of carbonyl (C=O) groups excluding carboxylic acids is 1. The highest BCUT2D eigenvalue weighted by atomic mass is 16.6. The van der Waals surface area contributed by atoms with Gasteiger partial charge in [0.2, 0.25) is 0 Å². The van der Waals surface area contributed by atoms with E-state index in [4.69, 9.17) is 9.47 Å². The molecule has 1 rings (SSSR count). The average molecular weight is 238 g/mol. The largest absolute Gasteiger partial charge is 0.457 e. The van der Waals surface area contributed by atoms with Crippen molar-refractivity contribution in [1.29, 1.82) is 0 Å². The first-order valence-corrected chi connectivity index (χ1v) is 5.63. The molecule has 5 heteroatoms. The zero-order valence-corrected chi connectivity index (χ0v) is 10.7. The van der Waals surface area contributed by atoms with Crippen LogP contribution in [0.15, 0.2) is 6.20 Å². The van der Waals surface area contributed by atoms with E-state index in [9.17, 15) is 4.79 Å². The molecule has 0 spiro atoms. The van der Waals surface area contributed by atoms with Crippen molar-refractivity contribution in [3.8, 4) is 0 Å². The van der Waals surface area contributed by atoms with Crippen molar-refractivity contribution in [3.63, 3.8) is 0 Å². The van der Waals surface area contributed by atoms with Gasteiger partial charge >= 0.3 is 5.97 Å². The Morgan fingerprint density at radius 2 is 2.18 bits per heavy atom. The van der Waals surface area contributed by atoms with Gasteiger partial charge < -0.3 is 9.47 Å². The van der Waals surface area contributed by atoms with Gasteiger partial charge in [-0.05, 0) is 27.7 Å². The molecule has 17 heavy (non-hydrogen) atoms. The second-order valence-corrected chi connectivity index (χ2v) is 3.79. The smallest absolute Gasteiger partial charge is 0.341 e. The Hall–Kier alpha value is -1.49. The van der Waals surface area contributed by atoms with Crippen molar-refractivity contribution < 1.29 is 14.3 Å². The highest BCUT2D eigenvalue weighted by Gasteiger charge is 2.15. The van der Waals surface area contributed by atoms with Gasteiger partial charge in [-0.25, -0.2) is 14.8 Å². The maximum Gasteiger partial charge on any atom is 0.341 e. The fourth-order valence-electron chi connectivity index (χ4n) is 1.35. The van der Waals surface area contributed by atoms with Crippen LogP contribution in [0.2, 0.25) is 0 Å².